The summed E-state index contributed by atoms with van der Waals surface area (Å²) in [5.74, 6) is 2.00. The van der Waals surface area contributed by atoms with E-state index in [0.717, 1.165) is 5.70 Å². The predicted octanol–water partition coefficient (Wildman–Crippen LogP) is 1.35. The summed E-state index contributed by atoms with van der Waals surface area (Å²) in [6, 6.07) is -0.379. The summed E-state index contributed by atoms with van der Waals surface area (Å²) < 4.78 is 66.5. The second kappa shape index (κ2) is 11.1. The molecule has 1 atom stereocenters. The van der Waals surface area contributed by atoms with Crippen LogP contribution in [-0.4, -0.2) is 67.1 Å². The smallest absolute Gasteiger partial charge is 0.485 e. The zero-order chi connectivity index (χ0) is 25.1. The van der Waals surface area contributed by atoms with Crippen LogP contribution in [0.15, 0.2) is 36.2 Å². The van der Waals surface area contributed by atoms with Gasteiger partial charge in [-0.2, -0.15) is 13.2 Å². The van der Waals surface area contributed by atoms with Crippen LogP contribution in [-0.2, 0) is 19.6 Å². The van der Waals surface area contributed by atoms with Gasteiger partial charge in [-0.25, -0.2) is 13.2 Å². The molecule has 0 saturated carbocycles. The molecule has 0 aromatic carbocycles. The fourth-order valence-corrected chi connectivity index (χ4v) is 5.03. The first-order chi connectivity index (χ1) is 14.3. The second-order valence-corrected chi connectivity index (χ2v) is 15.4. The van der Waals surface area contributed by atoms with Gasteiger partial charge < -0.3 is 29.8 Å². The van der Waals surface area contributed by atoms with Crippen LogP contribution in [0, 0.1) is 0 Å². The summed E-state index contributed by atoms with van der Waals surface area (Å²) in [6.45, 7) is 14.2. The maximum absolute atomic E-state index is 12.0. The molecule has 15 heteroatoms. The molecule has 0 saturated heterocycles. The molecule has 2 aliphatic rings. The molecule has 0 fully saturated rings. The number of nitrogens with zero attached hydrogens (tertiary/aromatic N) is 2. The van der Waals surface area contributed by atoms with Crippen molar-refractivity contribution < 1.29 is 46.9 Å². The number of carbonyl (C=O) groups excluding carboxylic acids is 1. The second-order valence-electron chi connectivity index (χ2n) is 8.94. The van der Waals surface area contributed by atoms with E-state index >= 15 is 0 Å². The Morgan fingerprint density at radius 3 is 2.21 bits per heavy atom. The van der Waals surface area contributed by atoms with Crippen LogP contribution in [0.5, 0.6) is 0 Å². The Balaban J connectivity index is 0.000000978. The summed E-state index contributed by atoms with van der Waals surface area (Å²) in [4.78, 5) is 14.2. The number of rotatable bonds is 5. The van der Waals surface area contributed by atoms with E-state index in [0.29, 0.717) is 13.0 Å². The van der Waals surface area contributed by atoms with Gasteiger partial charge in [0.15, 0.2) is 16.2 Å². The minimum absolute atomic E-state index is 0. The highest BCUT2D eigenvalue weighted by molar-refractivity contribution is 7.86. The van der Waals surface area contributed by atoms with E-state index in [1.54, 1.807) is 0 Å². The Kier molecular flexibility index (Phi) is 10.5. The van der Waals surface area contributed by atoms with Gasteiger partial charge in [0.25, 0.3) is 0 Å². The van der Waals surface area contributed by atoms with Crippen LogP contribution in [0.3, 0.4) is 0 Å². The number of halogens is 3. The van der Waals surface area contributed by atoms with Crippen molar-refractivity contribution in [1.29, 1.82) is 0 Å². The summed E-state index contributed by atoms with van der Waals surface area (Å²) >= 11 is 0. The number of carbonyl (C=O) groups is 1. The van der Waals surface area contributed by atoms with Crippen molar-refractivity contribution in [2.75, 3.05) is 6.61 Å². The number of hydrogen-bond donors (Lipinski definition) is 1. The topological polar surface area (TPSA) is 149 Å². The van der Waals surface area contributed by atoms with E-state index in [9.17, 15) is 18.0 Å². The molecule has 9 nitrogen and oxygen atoms in total. The predicted molar refractivity (Wildman–Crippen MR) is 120 cm³/mol. The van der Waals surface area contributed by atoms with Gasteiger partial charge in [-0.15, -0.1) is 0 Å². The number of esters is 1. The van der Waals surface area contributed by atoms with Gasteiger partial charge in [0, 0.05) is 5.70 Å². The van der Waals surface area contributed by atoms with Gasteiger partial charge >= 0.3 is 18.5 Å². The highest BCUT2D eigenvalue weighted by Crippen LogP contribution is 2.42. The molecule has 0 bridgehead atoms. The molecule has 5 N–H and O–H groups in total. The molecule has 0 aliphatic carbocycles. The highest BCUT2D eigenvalue weighted by Gasteiger charge is 2.49. The van der Waals surface area contributed by atoms with Crippen molar-refractivity contribution in [1.82, 2.24) is 9.29 Å². The van der Waals surface area contributed by atoms with Crippen LogP contribution in [0.4, 0.5) is 13.2 Å². The SMILES string of the molecule is CCOC(=O)[C@@H]([NH3+])CC1=CN([Si](C)(C)C(C)(C)C)B2C=CC=CN21.O.O=S(=O)([O-])C(F)(F)F. The molecule has 33 heavy (non-hydrogen) atoms. The van der Waals surface area contributed by atoms with Crippen LogP contribution in [0.1, 0.15) is 34.1 Å². The van der Waals surface area contributed by atoms with Crippen molar-refractivity contribution in [3.8, 4) is 0 Å². The third-order valence-electron chi connectivity index (χ3n) is 5.67. The van der Waals surface area contributed by atoms with Gasteiger partial charge in [-0.05, 0) is 30.4 Å². The van der Waals surface area contributed by atoms with E-state index in [-0.39, 0.29) is 29.5 Å². The van der Waals surface area contributed by atoms with E-state index < -0.39 is 23.9 Å². The van der Waals surface area contributed by atoms with Crippen molar-refractivity contribution in [2.45, 2.75) is 63.8 Å². The Labute approximate surface area is 194 Å². The van der Waals surface area contributed by atoms with E-state index in [1.807, 2.05) is 13.0 Å². The Morgan fingerprint density at radius 2 is 1.79 bits per heavy atom. The summed E-state index contributed by atoms with van der Waals surface area (Å²) in [5.41, 5.74) is -0.506. The number of quaternary nitrogens is 1. The number of allylic oxidation sites excluding steroid dienone is 2. The van der Waals surface area contributed by atoms with Gasteiger partial charge in [0.05, 0.1) is 13.0 Å². The number of alkyl halides is 3. The summed E-state index contributed by atoms with van der Waals surface area (Å²) in [6.07, 6.45) is 9.09. The zero-order valence-corrected chi connectivity index (χ0v) is 21.5. The average molecular weight is 515 g/mol. The third-order valence-corrected chi connectivity index (χ3v) is 11.6. The van der Waals surface area contributed by atoms with Gasteiger partial charge in [-0.1, -0.05) is 45.9 Å². The van der Waals surface area contributed by atoms with Crippen LogP contribution >= 0.6 is 0 Å². The molecule has 2 rings (SSSR count). The first-order valence-electron chi connectivity index (χ1n) is 9.99. The quantitative estimate of drug-likeness (QED) is 0.251. The lowest BCUT2D eigenvalue weighted by Crippen LogP contribution is -2.65. The molecule has 0 amide bonds. The van der Waals surface area contributed by atoms with E-state index in [1.165, 1.54) is 0 Å². The summed E-state index contributed by atoms with van der Waals surface area (Å²) in [5, 5.41) is 0.241. The molecule has 2 aliphatic heterocycles. The fraction of sp³-hybridized carbons (Fsp3) is 0.611. The lowest BCUT2D eigenvalue weighted by Gasteiger charge is -2.46. The molecular weight excluding hydrogens is 482 g/mol. The maximum atomic E-state index is 12.0. The molecule has 0 aromatic rings. The largest absolute Gasteiger partial charge is 0.741 e. The fourth-order valence-electron chi connectivity index (χ4n) is 2.92. The number of hydrogen-bond acceptors (Lipinski definition) is 7. The van der Waals surface area contributed by atoms with E-state index in [2.05, 4.69) is 73.3 Å². The van der Waals surface area contributed by atoms with Crippen molar-refractivity contribution >= 4 is 31.3 Å². The first kappa shape index (κ1) is 31.2. The highest BCUT2D eigenvalue weighted by atomic mass is 32.2. The standard InChI is InChI=1S/C17H30BN3O2Si.CHF3O3S.H2O/c1-7-23-16(22)15(19)12-14-13-21(24(5,6)17(2,3)4)18-10-8-9-11-20(14)18;2-1(3,4)8(5,6)7;/h8-11,13,15H,7,12,19H2,1-6H3;(H,5,6,7);1H2/t15-;;/m0../s1. The summed E-state index contributed by atoms with van der Waals surface area (Å²) in [7, 11) is -7.81. The lowest BCUT2D eigenvalue weighted by atomic mass is 9.73. The maximum Gasteiger partial charge on any atom is 0.485 e. The molecule has 0 aromatic heterocycles. The molecule has 2 heterocycles. The van der Waals surface area contributed by atoms with Crippen molar-refractivity contribution in [3.63, 3.8) is 0 Å². The van der Waals surface area contributed by atoms with Crippen molar-refractivity contribution in [3.05, 3.63) is 36.2 Å². The molecule has 0 unspecified atom stereocenters. The van der Waals surface area contributed by atoms with Crippen LogP contribution in [0.25, 0.3) is 0 Å². The first-order valence-corrected chi connectivity index (χ1v) is 14.3. The monoisotopic (exact) mass is 515 g/mol. The van der Waals surface area contributed by atoms with Gasteiger partial charge in [-0.3, -0.25) is 0 Å². The number of ether oxygens (including phenoxy) is 1. The lowest BCUT2D eigenvalue weighted by molar-refractivity contribution is -0.408. The van der Waals surface area contributed by atoms with Crippen LogP contribution in [0.2, 0.25) is 18.1 Å². The molecule has 0 radical (unpaired) electrons. The molecular formula is C18H33BF3N3O6SSi. The van der Waals surface area contributed by atoms with Crippen LogP contribution < -0.4 is 5.73 Å². The normalized spacial score (nSPS) is 16.9. The van der Waals surface area contributed by atoms with Crippen molar-refractivity contribution in [2.24, 2.45) is 0 Å². The minimum Gasteiger partial charge on any atom is -0.741 e. The number of fused-ring (bicyclic) bond motifs is 1. The average Bonchev–Trinajstić information content (AvgIpc) is 2.99. The Hall–Kier alpha value is -1.81. The minimum atomic E-state index is -6.09. The Bertz CT molecular complexity index is 888. The van der Waals surface area contributed by atoms with Gasteiger partial charge in [0.1, 0.15) is 8.24 Å². The van der Waals surface area contributed by atoms with Gasteiger partial charge in [0.2, 0.25) is 0 Å². The third kappa shape index (κ3) is 7.60. The van der Waals surface area contributed by atoms with E-state index in [4.69, 9.17) is 17.7 Å². The molecule has 190 valence electrons. The zero-order valence-electron chi connectivity index (χ0n) is 19.6. The molecule has 0 spiro atoms. The Morgan fingerprint density at radius 1 is 1.27 bits per heavy atom.